The number of aromatic nitrogens is 2. The van der Waals surface area contributed by atoms with E-state index in [0.29, 0.717) is 22.7 Å². The largest absolute Gasteiger partial charge is 0.497 e. The second-order valence-electron chi connectivity index (χ2n) is 5.88. The molecule has 4 aromatic rings. The third kappa shape index (κ3) is 3.67. The number of rotatable bonds is 6. The van der Waals surface area contributed by atoms with Gasteiger partial charge in [0.1, 0.15) is 23.7 Å². The lowest BCUT2D eigenvalue weighted by atomic mass is 10.1. The zero-order valence-electron chi connectivity index (χ0n) is 14.5. The first-order chi connectivity index (χ1) is 13.2. The Balaban J connectivity index is 1.39. The van der Waals surface area contributed by atoms with Crippen LogP contribution in [0.1, 0.15) is 11.4 Å². The zero-order chi connectivity index (χ0) is 18.6. The summed E-state index contributed by atoms with van der Waals surface area (Å²) in [5, 5.41) is 8.67. The van der Waals surface area contributed by atoms with Crippen molar-refractivity contribution in [3.05, 3.63) is 66.0 Å². The predicted octanol–water partition coefficient (Wildman–Crippen LogP) is 3.78. The van der Waals surface area contributed by atoms with Crippen LogP contribution >= 0.6 is 0 Å². The van der Waals surface area contributed by atoms with E-state index in [2.05, 4.69) is 10.3 Å². The molecule has 0 aliphatic heterocycles. The minimum Gasteiger partial charge on any atom is -0.497 e. The first-order valence-electron chi connectivity index (χ1n) is 8.32. The maximum Gasteiger partial charge on any atom is 0.312 e. The molecule has 0 aliphatic carbocycles. The molecule has 0 N–H and O–H groups in total. The fourth-order valence-electron chi connectivity index (χ4n) is 2.70. The van der Waals surface area contributed by atoms with E-state index < -0.39 is 5.97 Å². The molecule has 2 aromatic carbocycles. The van der Waals surface area contributed by atoms with Gasteiger partial charge in [0, 0.05) is 17.0 Å². The van der Waals surface area contributed by atoms with Crippen molar-refractivity contribution in [3.8, 4) is 17.1 Å². The molecule has 0 saturated carbocycles. The van der Waals surface area contributed by atoms with Gasteiger partial charge in [-0.3, -0.25) is 4.79 Å². The number of methoxy groups -OCH3 is 1. The van der Waals surface area contributed by atoms with Crippen LogP contribution in [0.4, 0.5) is 0 Å². The molecule has 2 heterocycles. The smallest absolute Gasteiger partial charge is 0.312 e. The fourth-order valence-corrected chi connectivity index (χ4v) is 2.70. The fraction of sp³-hybridized carbons (Fsp3) is 0.150. The zero-order valence-corrected chi connectivity index (χ0v) is 14.5. The van der Waals surface area contributed by atoms with Crippen molar-refractivity contribution in [1.29, 1.82) is 0 Å². The lowest BCUT2D eigenvalue weighted by molar-refractivity contribution is -0.144. The van der Waals surface area contributed by atoms with Crippen molar-refractivity contribution >= 4 is 16.9 Å². The van der Waals surface area contributed by atoms with Crippen molar-refractivity contribution in [2.24, 2.45) is 0 Å². The highest BCUT2D eigenvalue weighted by atomic mass is 16.5. The number of para-hydroxylation sites is 1. The van der Waals surface area contributed by atoms with Crippen molar-refractivity contribution in [2.75, 3.05) is 7.11 Å². The molecule has 136 valence electrons. The molecule has 7 heteroatoms. The van der Waals surface area contributed by atoms with Crippen molar-refractivity contribution < 1.29 is 23.3 Å². The summed E-state index contributed by atoms with van der Waals surface area (Å²) in [6, 6.07) is 16.5. The third-order valence-electron chi connectivity index (χ3n) is 4.06. The van der Waals surface area contributed by atoms with Crippen LogP contribution in [0.15, 0.2) is 63.6 Å². The van der Waals surface area contributed by atoms with Gasteiger partial charge in [-0.05, 0) is 24.3 Å². The molecule has 0 atom stereocenters. The Bertz CT molecular complexity index is 1080. The summed E-state index contributed by atoms with van der Waals surface area (Å²) < 4.78 is 21.0. The molecule has 0 aliphatic rings. The van der Waals surface area contributed by atoms with E-state index in [9.17, 15) is 4.79 Å². The van der Waals surface area contributed by atoms with E-state index in [1.807, 2.05) is 42.5 Å². The summed E-state index contributed by atoms with van der Waals surface area (Å²) in [6.45, 7) is 0.0160. The maximum absolute atomic E-state index is 12.1. The van der Waals surface area contributed by atoms with Crippen molar-refractivity contribution in [3.63, 3.8) is 0 Å². The van der Waals surface area contributed by atoms with E-state index in [-0.39, 0.29) is 13.0 Å². The van der Waals surface area contributed by atoms with Crippen LogP contribution < -0.4 is 4.74 Å². The van der Waals surface area contributed by atoms with Crippen LogP contribution in [-0.4, -0.2) is 23.4 Å². The Morgan fingerprint density at radius 3 is 2.81 bits per heavy atom. The summed E-state index contributed by atoms with van der Waals surface area (Å²) in [6.07, 6.45) is 0.0254. The second-order valence-corrected chi connectivity index (χ2v) is 5.88. The molecule has 0 saturated heterocycles. The summed E-state index contributed by atoms with van der Waals surface area (Å²) in [7, 11) is 1.60. The number of fused-ring (bicyclic) bond motifs is 1. The van der Waals surface area contributed by atoms with Crippen LogP contribution in [0, 0.1) is 0 Å². The van der Waals surface area contributed by atoms with Gasteiger partial charge in [-0.15, -0.1) is 0 Å². The van der Waals surface area contributed by atoms with Gasteiger partial charge in [0.05, 0.1) is 13.5 Å². The highest BCUT2D eigenvalue weighted by Crippen LogP contribution is 2.25. The van der Waals surface area contributed by atoms with Crippen LogP contribution in [-0.2, 0) is 22.6 Å². The normalized spacial score (nSPS) is 10.9. The Hall–Kier alpha value is -3.61. The SMILES string of the molecule is COc1cccc(-c2cc(COC(=O)Cc3noc4ccccc34)no2)c1. The molecule has 0 spiro atoms. The summed E-state index contributed by atoms with van der Waals surface area (Å²) in [5.74, 6) is 0.874. The molecule has 0 radical (unpaired) electrons. The second kappa shape index (κ2) is 7.33. The van der Waals surface area contributed by atoms with Crippen LogP contribution in [0.3, 0.4) is 0 Å². The van der Waals surface area contributed by atoms with E-state index >= 15 is 0 Å². The van der Waals surface area contributed by atoms with Crippen LogP contribution in [0.25, 0.3) is 22.3 Å². The highest BCUT2D eigenvalue weighted by molar-refractivity contribution is 5.84. The Kier molecular flexibility index (Phi) is 4.57. The van der Waals surface area contributed by atoms with Gasteiger partial charge < -0.3 is 18.5 Å². The van der Waals surface area contributed by atoms with Gasteiger partial charge in [-0.1, -0.05) is 34.6 Å². The summed E-state index contributed by atoms with van der Waals surface area (Å²) in [4.78, 5) is 12.1. The molecule has 7 nitrogen and oxygen atoms in total. The summed E-state index contributed by atoms with van der Waals surface area (Å²) in [5.41, 5.74) is 2.53. The van der Waals surface area contributed by atoms with Gasteiger partial charge in [0.15, 0.2) is 11.3 Å². The molecule has 0 unspecified atom stereocenters. The van der Waals surface area contributed by atoms with Crippen LogP contribution in [0.5, 0.6) is 5.75 Å². The van der Waals surface area contributed by atoms with Gasteiger partial charge in [0.2, 0.25) is 0 Å². The minimum absolute atomic E-state index is 0.0160. The first-order valence-corrected chi connectivity index (χ1v) is 8.32. The average molecular weight is 364 g/mol. The number of carbonyl (C=O) groups is 1. The predicted molar refractivity (Wildman–Crippen MR) is 96.0 cm³/mol. The topological polar surface area (TPSA) is 87.6 Å². The van der Waals surface area contributed by atoms with E-state index in [1.165, 1.54) is 0 Å². The molecule has 2 aromatic heterocycles. The van der Waals surface area contributed by atoms with Gasteiger partial charge in [-0.2, -0.15) is 0 Å². The summed E-state index contributed by atoms with van der Waals surface area (Å²) >= 11 is 0. The number of benzene rings is 2. The molecular weight excluding hydrogens is 348 g/mol. The standard InChI is InChI=1S/C20H16N2O5/c1-24-15-6-4-5-13(9-15)19-10-14(21-27-19)12-25-20(23)11-17-16-7-2-3-8-18(16)26-22-17/h2-10H,11-12H2,1H3. The number of nitrogens with zero attached hydrogens (tertiary/aromatic N) is 2. The Morgan fingerprint density at radius 1 is 1.04 bits per heavy atom. The lowest BCUT2D eigenvalue weighted by Gasteiger charge is -2.01. The highest BCUT2D eigenvalue weighted by Gasteiger charge is 2.14. The molecule has 27 heavy (non-hydrogen) atoms. The quantitative estimate of drug-likeness (QED) is 0.481. The number of hydrogen-bond acceptors (Lipinski definition) is 7. The monoisotopic (exact) mass is 364 g/mol. The van der Waals surface area contributed by atoms with Gasteiger partial charge >= 0.3 is 5.97 Å². The molecule has 0 amide bonds. The molecule has 4 rings (SSSR count). The lowest BCUT2D eigenvalue weighted by Crippen LogP contribution is -2.08. The maximum atomic E-state index is 12.1. The van der Waals surface area contributed by atoms with Gasteiger partial charge in [0.25, 0.3) is 0 Å². The minimum atomic E-state index is -0.417. The number of carbonyl (C=O) groups excluding carboxylic acids is 1. The average Bonchev–Trinajstić information content (AvgIpc) is 3.34. The Morgan fingerprint density at radius 2 is 1.93 bits per heavy atom. The molecule has 0 fully saturated rings. The molecular formula is C20H16N2O5. The third-order valence-corrected chi connectivity index (χ3v) is 4.06. The number of esters is 1. The first kappa shape index (κ1) is 16.8. The Labute approximate surface area is 154 Å². The van der Waals surface area contributed by atoms with Crippen LogP contribution in [0.2, 0.25) is 0 Å². The van der Waals surface area contributed by atoms with Crippen molar-refractivity contribution in [2.45, 2.75) is 13.0 Å². The number of hydrogen-bond donors (Lipinski definition) is 0. The van der Waals surface area contributed by atoms with E-state index in [0.717, 1.165) is 16.7 Å². The van der Waals surface area contributed by atoms with E-state index in [4.69, 9.17) is 18.5 Å². The number of ether oxygens (including phenoxy) is 2. The van der Waals surface area contributed by atoms with Gasteiger partial charge in [-0.25, -0.2) is 0 Å². The molecule has 0 bridgehead atoms. The van der Waals surface area contributed by atoms with E-state index in [1.54, 1.807) is 19.2 Å². The van der Waals surface area contributed by atoms with Crippen molar-refractivity contribution in [1.82, 2.24) is 10.3 Å².